The summed E-state index contributed by atoms with van der Waals surface area (Å²) in [6.07, 6.45) is 4.75. The van der Waals surface area contributed by atoms with Crippen LogP contribution >= 0.6 is 24.0 Å². The van der Waals surface area contributed by atoms with Crippen molar-refractivity contribution in [2.24, 2.45) is 4.99 Å². The van der Waals surface area contributed by atoms with Crippen LogP contribution in [0.5, 0.6) is 5.75 Å². The number of nitrogens with zero attached hydrogens (tertiary/aromatic N) is 2. The minimum absolute atomic E-state index is 0. The number of benzene rings is 1. The fourth-order valence-electron chi connectivity index (χ4n) is 3.65. The van der Waals surface area contributed by atoms with E-state index in [1.54, 1.807) is 12.1 Å². The summed E-state index contributed by atoms with van der Waals surface area (Å²) >= 11 is 0. The lowest BCUT2D eigenvalue weighted by Gasteiger charge is -2.37. The molecule has 1 heterocycles. The van der Waals surface area contributed by atoms with Gasteiger partial charge >= 0.3 is 6.61 Å². The molecule has 0 aromatic heterocycles. The van der Waals surface area contributed by atoms with Gasteiger partial charge in [0.15, 0.2) is 5.96 Å². The number of anilines is 1. The second-order valence-electron chi connectivity index (χ2n) is 7.57. The third-order valence-corrected chi connectivity index (χ3v) is 5.35. The van der Waals surface area contributed by atoms with Crippen LogP contribution in [0.3, 0.4) is 0 Å². The normalized spacial score (nSPS) is 21.2. The Kier molecular flexibility index (Phi) is 9.19. The van der Waals surface area contributed by atoms with Gasteiger partial charge in [-0.2, -0.15) is 8.78 Å². The van der Waals surface area contributed by atoms with Crippen LogP contribution in [0.2, 0.25) is 0 Å². The first kappa shape index (κ1) is 23.9. The monoisotopic (exact) mass is 524 g/mol. The smallest absolute Gasteiger partial charge is 0.387 e. The standard InChI is InChI=1S/C20H30F2N4O2.HI/c1-2-23-19(24-14-20(27)10-4-11-20)25-15-5-3-12-26(13-15)16-6-8-17(9-7-16)28-18(21)22;/h6-9,15,18,27H,2-5,10-14H2,1H3,(H2,23,24,25);1H. The number of piperidine rings is 1. The van der Waals surface area contributed by atoms with Crippen molar-refractivity contribution in [3.8, 4) is 5.75 Å². The minimum Gasteiger partial charge on any atom is -0.435 e. The van der Waals surface area contributed by atoms with E-state index in [1.807, 2.05) is 19.1 Å². The number of guanidine groups is 1. The van der Waals surface area contributed by atoms with Gasteiger partial charge in [0.05, 0.1) is 12.1 Å². The molecule has 0 radical (unpaired) electrons. The Hall–Kier alpha value is -1.36. The SMILES string of the molecule is CCNC(=NCC1(O)CCC1)NC1CCCN(c2ccc(OC(F)F)cc2)C1.I. The molecule has 3 rings (SSSR count). The van der Waals surface area contributed by atoms with Crippen LogP contribution in [0.4, 0.5) is 14.5 Å². The molecule has 1 saturated carbocycles. The summed E-state index contributed by atoms with van der Waals surface area (Å²) in [6, 6.07) is 6.99. The van der Waals surface area contributed by atoms with Crippen LogP contribution in [-0.4, -0.2) is 55.5 Å². The molecule has 3 N–H and O–H groups in total. The van der Waals surface area contributed by atoms with E-state index < -0.39 is 12.2 Å². The molecule has 2 fully saturated rings. The predicted molar refractivity (Wildman–Crippen MR) is 122 cm³/mol. The van der Waals surface area contributed by atoms with Gasteiger partial charge in [0.1, 0.15) is 5.75 Å². The number of hydrogen-bond donors (Lipinski definition) is 3. The summed E-state index contributed by atoms with van der Waals surface area (Å²) in [6.45, 7) is 2.10. The lowest BCUT2D eigenvalue weighted by atomic mass is 9.80. The zero-order chi connectivity index (χ0) is 20.0. The number of hydrogen-bond acceptors (Lipinski definition) is 4. The van der Waals surface area contributed by atoms with Crippen LogP contribution in [0.1, 0.15) is 39.0 Å². The number of aliphatic imine (C=N–C) groups is 1. The van der Waals surface area contributed by atoms with Crippen molar-refractivity contribution in [2.75, 3.05) is 31.1 Å². The van der Waals surface area contributed by atoms with Gasteiger partial charge in [-0.1, -0.05) is 0 Å². The van der Waals surface area contributed by atoms with Crippen molar-refractivity contribution < 1.29 is 18.6 Å². The number of halogens is 3. The van der Waals surface area contributed by atoms with E-state index >= 15 is 0 Å². The van der Waals surface area contributed by atoms with Gasteiger partial charge in [-0.3, -0.25) is 4.99 Å². The van der Waals surface area contributed by atoms with Crippen molar-refractivity contribution in [1.29, 1.82) is 0 Å². The highest BCUT2D eigenvalue weighted by Gasteiger charge is 2.34. The first-order valence-electron chi connectivity index (χ1n) is 10.0. The van der Waals surface area contributed by atoms with Crippen molar-refractivity contribution in [3.05, 3.63) is 24.3 Å². The molecule has 9 heteroatoms. The third-order valence-electron chi connectivity index (χ3n) is 5.35. The Morgan fingerprint density at radius 2 is 2.03 bits per heavy atom. The van der Waals surface area contributed by atoms with Gasteiger partial charge in [0, 0.05) is 31.4 Å². The molecule has 1 saturated heterocycles. The molecule has 1 aliphatic carbocycles. The highest BCUT2D eigenvalue weighted by atomic mass is 127. The maximum absolute atomic E-state index is 12.3. The van der Waals surface area contributed by atoms with Crippen LogP contribution in [0, 0.1) is 0 Å². The van der Waals surface area contributed by atoms with Gasteiger partial charge in [-0.05, 0) is 63.3 Å². The Bertz CT molecular complexity index is 656. The summed E-state index contributed by atoms with van der Waals surface area (Å²) in [7, 11) is 0. The van der Waals surface area contributed by atoms with Gasteiger partial charge in [0.2, 0.25) is 0 Å². The molecule has 0 amide bonds. The van der Waals surface area contributed by atoms with E-state index in [0.29, 0.717) is 6.54 Å². The van der Waals surface area contributed by atoms with Crippen molar-refractivity contribution >= 4 is 35.6 Å². The summed E-state index contributed by atoms with van der Waals surface area (Å²) in [5.74, 6) is 0.899. The number of aliphatic hydroxyl groups is 1. The van der Waals surface area contributed by atoms with Crippen molar-refractivity contribution in [1.82, 2.24) is 10.6 Å². The fourth-order valence-corrected chi connectivity index (χ4v) is 3.65. The van der Waals surface area contributed by atoms with E-state index in [1.165, 1.54) is 0 Å². The zero-order valence-corrected chi connectivity index (χ0v) is 19.1. The van der Waals surface area contributed by atoms with Crippen LogP contribution < -0.4 is 20.3 Å². The van der Waals surface area contributed by atoms with E-state index in [0.717, 1.165) is 63.4 Å². The molecular formula is C20H31F2IN4O2. The largest absolute Gasteiger partial charge is 0.435 e. The summed E-state index contributed by atoms with van der Waals surface area (Å²) in [5, 5.41) is 17.0. The fraction of sp³-hybridized carbons (Fsp3) is 0.650. The molecule has 164 valence electrons. The zero-order valence-electron chi connectivity index (χ0n) is 16.7. The number of rotatable bonds is 7. The van der Waals surface area contributed by atoms with E-state index in [9.17, 15) is 13.9 Å². The highest BCUT2D eigenvalue weighted by Crippen LogP contribution is 2.31. The Morgan fingerprint density at radius 1 is 1.31 bits per heavy atom. The first-order valence-corrected chi connectivity index (χ1v) is 10.0. The first-order chi connectivity index (χ1) is 13.5. The summed E-state index contributed by atoms with van der Waals surface area (Å²) < 4.78 is 29.0. The quantitative estimate of drug-likeness (QED) is 0.290. The lowest BCUT2D eigenvalue weighted by Crippen LogP contribution is -2.52. The maximum Gasteiger partial charge on any atom is 0.387 e. The van der Waals surface area contributed by atoms with Gasteiger partial charge < -0.3 is 25.4 Å². The topological polar surface area (TPSA) is 69.1 Å². The maximum atomic E-state index is 12.3. The average molecular weight is 524 g/mol. The lowest BCUT2D eigenvalue weighted by molar-refractivity contribution is -0.0498. The average Bonchev–Trinajstić information content (AvgIpc) is 2.65. The van der Waals surface area contributed by atoms with Crippen LogP contribution in [0.25, 0.3) is 0 Å². The van der Waals surface area contributed by atoms with Gasteiger partial charge in [-0.15, -0.1) is 24.0 Å². The molecular weight excluding hydrogens is 493 g/mol. The van der Waals surface area contributed by atoms with E-state index in [-0.39, 0.29) is 35.8 Å². The molecule has 0 bridgehead atoms. The van der Waals surface area contributed by atoms with Crippen molar-refractivity contribution in [2.45, 2.75) is 57.3 Å². The highest BCUT2D eigenvalue weighted by molar-refractivity contribution is 14.0. The van der Waals surface area contributed by atoms with Crippen molar-refractivity contribution in [3.63, 3.8) is 0 Å². The Balaban J connectivity index is 0.00000300. The second-order valence-corrected chi connectivity index (χ2v) is 7.57. The second kappa shape index (κ2) is 11.1. The summed E-state index contributed by atoms with van der Waals surface area (Å²) in [4.78, 5) is 6.81. The number of ether oxygens (including phenoxy) is 1. The number of alkyl halides is 2. The van der Waals surface area contributed by atoms with Crippen LogP contribution in [0.15, 0.2) is 29.3 Å². The summed E-state index contributed by atoms with van der Waals surface area (Å²) in [5.41, 5.74) is 0.349. The molecule has 0 spiro atoms. The Morgan fingerprint density at radius 3 is 2.62 bits per heavy atom. The van der Waals surface area contributed by atoms with Crippen LogP contribution in [-0.2, 0) is 0 Å². The van der Waals surface area contributed by atoms with Gasteiger partial charge in [-0.25, -0.2) is 0 Å². The molecule has 1 aromatic rings. The molecule has 1 unspecified atom stereocenters. The minimum atomic E-state index is -2.81. The van der Waals surface area contributed by atoms with E-state index in [4.69, 9.17) is 0 Å². The molecule has 2 aliphatic rings. The molecule has 6 nitrogen and oxygen atoms in total. The third kappa shape index (κ3) is 7.13. The molecule has 1 atom stereocenters. The number of nitrogens with one attached hydrogen (secondary N) is 2. The Labute approximate surface area is 188 Å². The molecule has 1 aromatic carbocycles. The molecule has 1 aliphatic heterocycles. The molecule has 29 heavy (non-hydrogen) atoms. The predicted octanol–water partition coefficient (Wildman–Crippen LogP) is 3.34. The van der Waals surface area contributed by atoms with Gasteiger partial charge in [0.25, 0.3) is 0 Å². The van der Waals surface area contributed by atoms with E-state index in [2.05, 4.69) is 25.3 Å².